The second-order valence-electron chi connectivity index (χ2n) is 4.99. The van der Waals surface area contributed by atoms with Crippen molar-refractivity contribution in [2.45, 2.75) is 13.3 Å². The minimum absolute atomic E-state index is 0.0438. The Hall–Kier alpha value is -2.22. The molecule has 1 aliphatic heterocycles. The van der Waals surface area contributed by atoms with Crippen LogP contribution in [0, 0.1) is 11.6 Å². The average molecular weight is 318 g/mol. The molecule has 2 rings (SSSR count). The van der Waals surface area contributed by atoms with Crippen LogP contribution in [0.15, 0.2) is 49.6 Å². The van der Waals surface area contributed by atoms with Crippen LogP contribution >= 0.6 is 0 Å². The third-order valence-corrected chi connectivity index (χ3v) is 3.35. The highest BCUT2D eigenvalue weighted by molar-refractivity contribution is 6.81. The fourth-order valence-electron chi connectivity index (χ4n) is 2.15. The quantitative estimate of drug-likeness (QED) is 0.588. The molecule has 0 spiro atoms. The Morgan fingerprint density at radius 2 is 2.13 bits per heavy atom. The van der Waals surface area contributed by atoms with Crippen LogP contribution < -0.4 is 0 Å². The van der Waals surface area contributed by atoms with E-state index in [4.69, 9.17) is 4.74 Å². The van der Waals surface area contributed by atoms with E-state index in [2.05, 4.69) is 20.1 Å². The number of azo groups is 1. The summed E-state index contributed by atoms with van der Waals surface area (Å²) in [6.07, 6.45) is 0.674. The van der Waals surface area contributed by atoms with Gasteiger partial charge in [-0.1, -0.05) is 0 Å². The maximum absolute atomic E-state index is 13.8. The van der Waals surface area contributed by atoms with Gasteiger partial charge in [-0.15, -0.1) is 0 Å². The van der Waals surface area contributed by atoms with Crippen LogP contribution in [-0.4, -0.2) is 39.6 Å². The van der Waals surface area contributed by atoms with E-state index in [9.17, 15) is 8.78 Å². The molecule has 5 nitrogen and oxygen atoms in total. The Bertz CT molecular complexity index is 713. The maximum Gasteiger partial charge on any atom is 0.321 e. The zero-order chi connectivity index (χ0) is 16.8. The summed E-state index contributed by atoms with van der Waals surface area (Å²) in [5, 5.41) is 7.90. The number of nitrogens with zero attached hydrogens (tertiary/aromatic N) is 4. The predicted molar refractivity (Wildman–Crippen MR) is 87.5 cm³/mol. The van der Waals surface area contributed by atoms with E-state index in [-0.39, 0.29) is 18.8 Å². The summed E-state index contributed by atoms with van der Waals surface area (Å²) in [6.45, 7) is 2.46. The van der Waals surface area contributed by atoms with Crippen molar-refractivity contribution in [1.82, 2.24) is 0 Å². The first-order valence-corrected chi connectivity index (χ1v) is 7.13. The molecule has 120 valence electrons. The largest absolute Gasteiger partial charge is 0.384 e. The van der Waals surface area contributed by atoms with Crippen LogP contribution in [0.3, 0.4) is 0 Å². The van der Waals surface area contributed by atoms with E-state index in [0.717, 1.165) is 23.8 Å². The summed E-state index contributed by atoms with van der Waals surface area (Å²) < 4.78 is 32.2. The molecule has 0 fully saturated rings. The number of amidine groups is 1. The van der Waals surface area contributed by atoms with Crippen molar-refractivity contribution in [2.75, 3.05) is 20.8 Å². The van der Waals surface area contributed by atoms with Gasteiger partial charge in [0.05, 0.1) is 16.9 Å². The Kier molecular flexibility index (Phi) is 5.87. The monoisotopic (exact) mass is 318 g/mol. The number of methoxy groups -OCH3 is 1. The van der Waals surface area contributed by atoms with Gasteiger partial charge in [-0.05, 0) is 37.1 Å². The zero-order valence-corrected chi connectivity index (χ0v) is 13.3. The SMILES string of the molecule is C/N=N\C(C1=NC(c2cc(F)ccc2F)=NB1)=C(/C)CCOC. The van der Waals surface area contributed by atoms with Crippen LogP contribution in [0.25, 0.3) is 0 Å². The first kappa shape index (κ1) is 17.1. The van der Waals surface area contributed by atoms with E-state index < -0.39 is 11.6 Å². The van der Waals surface area contributed by atoms with Crippen LogP contribution in [0.4, 0.5) is 8.78 Å². The van der Waals surface area contributed by atoms with Crippen LogP contribution in [0.2, 0.25) is 0 Å². The smallest absolute Gasteiger partial charge is 0.321 e. The molecule has 0 radical (unpaired) electrons. The molecule has 0 aliphatic carbocycles. The number of benzene rings is 1. The second kappa shape index (κ2) is 7.87. The Labute approximate surface area is 134 Å². The van der Waals surface area contributed by atoms with Crippen molar-refractivity contribution in [3.8, 4) is 0 Å². The molecule has 8 heteroatoms. The Balaban J connectivity index is 2.33. The van der Waals surface area contributed by atoms with Crippen LogP contribution in [0.1, 0.15) is 18.9 Å². The molecule has 23 heavy (non-hydrogen) atoms. The van der Waals surface area contributed by atoms with Gasteiger partial charge in [0.1, 0.15) is 17.5 Å². The van der Waals surface area contributed by atoms with E-state index in [0.29, 0.717) is 24.3 Å². The van der Waals surface area contributed by atoms with Crippen molar-refractivity contribution in [3.63, 3.8) is 0 Å². The summed E-state index contributed by atoms with van der Waals surface area (Å²) in [7, 11) is 3.44. The highest BCUT2D eigenvalue weighted by atomic mass is 19.1. The molecule has 0 N–H and O–H groups in total. The van der Waals surface area contributed by atoms with Gasteiger partial charge in [-0.2, -0.15) is 10.2 Å². The number of halogens is 2. The highest BCUT2D eigenvalue weighted by Crippen LogP contribution is 2.19. The lowest BCUT2D eigenvalue weighted by Crippen LogP contribution is -2.09. The zero-order valence-electron chi connectivity index (χ0n) is 13.3. The highest BCUT2D eigenvalue weighted by Gasteiger charge is 2.21. The van der Waals surface area contributed by atoms with E-state index >= 15 is 0 Å². The molecule has 0 amide bonds. The molecule has 0 aromatic heterocycles. The molecule has 0 bridgehead atoms. The van der Waals surface area contributed by atoms with Gasteiger partial charge in [-0.25, -0.2) is 13.8 Å². The van der Waals surface area contributed by atoms with Gasteiger partial charge in [-0.3, -0.25) is 0 Å². The fraction of sp³-hybridized carbons (Fsp3) is 0.333. The first-order valence-electron chi connectivity index (χ1n) is 7.13. The first-order chi connectivity index (χ1) is 11.1. The lowest BCUT2D eigenvalue weighted by Gasteiger charge is -2.06. The van der Waals surface area contributed by atoms with Crippen LogP contribution in [-0.2, 0) is 4.74 Å². The summed E-state index contributed by atoms with van der Waals surface area (Å²) in [5.41, 5.74) is 2.19. The summed E-state index contributed by atoms with van der Waals surface area (Å²) in [4.78, 5) is 8.51. The molecule has 1 aromatic rings. The summed E-state index contributed by atoms with van der Waals surface area (Å²) >= 11 is 0. The lowest BCUT2D eigenvalue weighted by molar-refractivity contribution is 0.202. The van der Waals surface area contributed by atoms with Gasteiger partial charge >= 0.3 is 7.41 Å². The molecule has 0 unspecified atom stereocenters. The van der Waals surface area contributed by atoms with E-state index in [1.54, 1.807) is 14.2 Å². The third-order valence-electron chi connectivity index (χ3n) is 3.35. The van der Waals surface area contributed by atoms with Gasteiger partial charge in [0, 0.05) is 20.8 Å². The minimum atomic E-state index is -0.561. The van der Waals surface area contributed by atoms with Gasteiger partial charge in [0.25, 0.3) is 0 Å². The van der Waals surface area contributed by atoms with E-state index in [1.807, 2.05) is 6.92 Å². The fourth-order valence-corrected chi connectivity index (χ4v) is 2.15. The van der Waals surface area contributed by atoms with Gasteiger partial charge in [0.2, 0.25) is 0 Å². The van der Waals surface area contributed by atoms with Crippen molar-refractivity contribution in [2.24, 2.45) is 20.1 Å². The number of rotatable bonds is 6. The number of ether oxygens (including phenoxy) is 1. The topological polar surface area (TPSA) is 58.7 Å². The molecule has 1 aromatic carbocycles. The second-order valence-corrected chi connectivity index (χ2v) is 4.99. The van der Waals surface area contributed by atoms with Crippen molar-refractivity contribution in [1.29, 1.82) is 0 Å². The Morgan fingerprint density at radius 1 is 1.35 bits per heavy atom. The number of allylic oxidation sites excluding steroid dienone is 1. The Morgan fingerprint density at radius 3 is 2.83 bits per heavy atom. The summed E-state index contributed by atoms with van der Waals surface area (Å²) in [5.74, 6) is -0.928. The average Bonchev–Trinajstić information content (AvgIpc) is 3.02. The molecule has 0 saturated carbocycles. The molecule has 0 saturated heterocycles. The molecule has 1 heterocycles. The maximum atomic E-state index is 13.8. The van der Waals surface area contributed by atoms with Gasteiger partial charge in [0.15, 0.2) is 0 Å². The lowest BCUT2D eigenvalue weighted by atomic mass is 9.84. The number of hydrogen-bond donors (Lipinski definition) is 0. The van der Waals surface area contributed by atoms with Crippen LogP contribution in [0.5, 0.6) is 0 Å². The number of hydrogen-bond acceptors (Lipinski definition) is 5. The van der Waals surface area contributed by atoms with Crippen molar-refractivity contribution >= 4 is 18.9 Å². The molecule has 1 aliphatic rings. The summed E-state index contributed by atoms with van der Waals surface area (Å²) in [6, 6.07) is 3.21. The molecule has 0 atom stereocenters. The third kappa shape index (κ3) is 4.16. The number of aliphatic imine (C=N–C) groups is 1. The molecular formula is C15H17BF2N4O. The normalized spacial score (nSPS) is 15.3. The van der Waals surface area contributed by atoms with Crippen molar-refractivity contribution in [3.05, 3.63) is 46.7 Å². The predicted octanol–water partition coefficient (Wildman–Crippen LogP) is 2.87. The standard InChI is InChI=1S/C15H17BF2N4O/c1-9(6-7-23-3)13(22-19-2)14-16-21-15(20-14)11-8-10(17)4-5-12(11)18/h4-5,8,16H,6-7H2,1-3H3/b13-9+,22-19-. The van der Waals surface area contributed by atoms with Crippen molar-refractivity contribution < 1.29 is 13.5 Å². The van der Waals surface area contributed by atoms with Gasteiger partial charge < -0.3 is 9.64 Å². The van der Waals surface area contributed by atoms with E-state index in [1.165, 1.54) is 0 Å². The molecular weight excluding hydrogens is 301 g/mol. The minimum Gasteiger partial charge on any atom is -0.384 e.